The number of fused-ring (bicyclic) bond motifs is 1. The molecule has 0 radical (unpaired) electrons. The molecule has 2 rings (SSSR count). The van der Waals surface area contributed by atoms with Gasteiger partial charge in [-0.05, 0) is 30.7 Å². The summed E-state index contributed by atoms with van der Waals surface area (Å²) in [6.07, 6.45) is 0.667. The van der Waals surface area contributed by atoms with Crippen LogP contribution in [0.1, 0.15) is 5.56 Å². The van der Waals surface area contributed by atoms with Crippen molar-refractivity contribution in [3.63, 3.8) is 0 Å². The van der Waals surface area contributed by atoms with E-state index in [4.69, 9.17) is 11.0 Å². The smallest absolute Gasteiger partial charge is 0.330 e. The number of benzene rings is 1. The Hall–Kier alpha value is -1.84. The van der Waals surface area contributed by atoms with E-state index in [1.165, 1.54) is 17.8 Å². The first-order chi connectivity index (χ1) is 8.67. The lowest BCUT2D eigenvalue weighted by atomic mass is 10.1. The Bertz CT molecular complexity index is 551. The number of nitrogens with zero attached hydrogens (tertiary/aromatic N) is 2. The van der Waals surface area contributed by atoms with E-state index in [9.17, 15) is 9.59 Å². The summed E-state index contributed by atoms with van der Waals surface area (Å²) >= 11 is 1.37. The predicted molar refractivity (Wildman–Crippen MR) is 68.0 cm³/mol. The zero-order valence-corrected chi connectivity index (χ0v) is 10.4. The summed E-state index contributed by atoms with van der Waals surface area (Å²) in [7, 11) is 0. The maximum Gasteiger partial charge on any atom is 0.336 e. The van der Waals surface area contributed by atoms with E-state index < -0.39 is 5.91 Å². The van der Waals surface area contributed by atoms with Gasteiger partial charge in [0.05, 0.1) is 11.4 Å². The first-order valence-electron chi connectivity index (χ1n) is 5.40. The van der Waals surface area contributed by atoms with Gasteiger partial charge in [-0.2, -0.15) is 5.26 Å². The average Bonchev–Trinajstić information content (AvgIpc) is 2.38. The highest BCUT2D eigenvalue weighted by atomic mass is 32.2. The Morgan fingerprint density at radius 1 is 1.56 bits per heavy atom. The van der Waals surface area contributed by atoms with Crippen LogP contribution in [0, 0.1) is 11.3 Å². The number of thioether (sulfide) groups is 1. The van der Waals surface area contributed by atoms with Crippen molar-refractivity contribution in [1.82, 2.24) is 0 Å². The van der Waals surface area contributed by atoms with E-state index in [-0.39, 0.29) is 11.7 Å². The highest BCUT2D eigenvalue weighted by molar-refractivity contribution is 8.00. The molecule has 2 N–H and O–H groups in total. The fourth-order valence-corrected chi connectivity index (χ4v) is 2.66. The molecular formula is C12H11N3O2S. The Labute approximate surface area is 109 Å². The number of hydrogen-bond donors (Lipinski definition) is 1. The predicted octanol–water partition coefficient (Wildman–Crippen LogP) is 0.677. The summed E-state index contributed by atoms with van der Waals surface area (Å²) in [5.74, 6) is -1.02. The lowest BCUT2D eigenvalue weighted by Gasteiger charge is -2.25. The molecule has 1 aromatic rings. The second kappa shape index (κ2) is 5.21. The SMILES string of the molecule is N#CC(=O)N1C(=O)CSc2ccc(CCN)cc21. The van der Waals surface area contributed by atoms with Crippen LogP contribution in [-0.2, 0) is 16.0 Å². The monoisotopic (exact) mass is 261 g/mol. The van der Waals surface area contributed by atoms with Crippen LogP contribution < -0.4 is 10.6 Å². The maximum absolute atomic E-state index is 11.7. The third-order valence-electron chi connectivity index (χ3n) is 2.60. The highest BCUT2D eigenvalue weighted by Gasteiger charge is 2.30. The van der Waals surface area contributed by atoms with Crippen molar-refractivity contribution >= 4 is 29.3 Å². The molecule has 6 heteroatoms. The summed E-state index contributed by atoms with van der Waals surface area (Å²) in [6, 6.07) is 7.02. The molecule has 0 unspecified atom stereocenters. The van der Waals surface area contributed by atoms with Crippen LogP contribution in [0.3, 0.4) is 0 Å². The number of amides is 2. The zero-order chi connectivity index (χ0) is 13.1. The number of anilines is 1. The van der Waals surface area contributed by atoms with Crippen molar-refractivity contribution in [2.24, 2.45) is 5.73 Å². The van der Waals surface area contributed by atoms with Crippen molar-refractivity contribution in [2.45, 2.75) is 11.3 Å². The van der Waals surface area contributed by atoms with Gasteiger partial charge in [0.2, 0.25) is 5.91 Å². The molecule has 1 aliphatic heterocycles. The van der Waals surface area contributed by atoms with Crippen molar-refractivity contribution in [3.8, 4) is 6.07 Å². The maximum atomic E-state index is 11.7. The van der Waals surface area contributed by atoms with E-state index in [0.717, 1.165) is 15.4 Å². The number of hydrogen-bond acceptors (Lipinski definition) is 5. The number of rotatable bonds is 2. The molecule has 0 fully saturated rings. The molecule has 2 amide bonds. The lowest BCUT2D eigenvalue weighted by molar-refractivity contribution is -0.122. The van der Waals surface area contributed by atoms with Crippen LogP contribution in [-0.4, -0.2) is 24.1 Å². The Morgan fingerprint density at radius 3 is 3.00 bits per heavy atom. The van der Waals surface area contributed by atoms with Gasteiger partial charge in [0.25, 0.3) is 0 Å². The van der Waals surface area contributed by atoms with Crippen LogP contribution in [0.15, 0.2) is 23.1 Å². The van der Waals surface area contributed by atoms with Crippen molar-refractivity contribution in [2.75, 3.05) is 17.2 Å². The molecule has 18 heavy (non-hydrogen) atoms. The molecule has 0 aliphatic carbocycles. The lowest BCUT2D eigenvalue weighted by Crippen LogP contribution is -2.39. The van der Waals surface area contributed by atoms with Crippen molar-refractivity contribution in [1.29, 1.82) is 5.26 Å². The highest BCUT2D eigenvalue weighted by Crippen LogP contribution is 2.36. The van der Waals surface area contributed by atoms with Crippen LogP contribution in [0.2, 0.25) is 0 Å². The van der Waals surface area contributed by atoms with Crippen molar-refractivity contribution in [3.05, 3.63) is 23.8 Å². The van der Waals surface area contributed by atoms with Gasteiger partial charge in [-0.1, -0.05) is 6.07 Å². The summed E-state index contributed by atoms with van der Waals surface area (Å²) in [4.78, 5) is 25.0. The quantitative estimate of drug-likeness (QED) is 0.791. The Kier molecular flexibility index (Phi) is 3.65. The normalized spacial score (nSPS) is 14.0. The fraction of sp³-hybridized carbons (Fsp3) is 0.250. The minimum Gasteiger partial charge on any atom is -0.330 e. The Morgan fingerprint density at radius 2 is 2.33 bits per heavy atom. The standard InChI is InChI=1S/C12H11N3O2S/c13-4-3-8-1-2-10-9(5-8)15(11(16)6-14)12(17)7-18-10/h1-2,5H,3-4,7,13H2. The molecule has 1 heterocycles. The molecular weight excluding hydrogens is 250 g/mol. The number of carbonyl (C=O) groups excluding carboxylic acids is 2. The zero-order valence-electron chi connectivity index (χ0n) is 9.55. The Balaban J connectivity index is 2.47. The molecule has 0 saturated carbocycles. The third-order valence-corrected chi connectivity index (χ3v) is 3.64. The van der Waals surface area contributed by atoms with Gasteiger partial charge in [0, 0.05) is 4.90 Å². The van der Waals surface area contributed by atoms with Gasteiger partial charge in [-0.3, -0.25) is 9.59 Å². The van der Waals surface area contributed by atoms with E-state index in [1.54, 1.807) is 6.07 Å². The van der Waals surface area contributed by atoms with Gasteiger partial charge in [0.1, 0.15) is 0 Å². The molecule has 0 aromatic heterocycles. The molecule has 0 bridgehead atoms. The minimum absolute atomic E-state index is 0.177. The van der Waals surface area contributed by atoms with E-state index >= 15 is 0 Å². The molecule has 1 aliphatic rings. The van der Waals surface area contributed by atoms with Gasteiger partial charge in [0.15, 0.2) is 6.07 Å². The van der Waals surface area contributed by atoms with Gasteiger partial charge in [-0.15, -0.1) is 11.8 Å². The number of imide groups is 1. The van der Waals surface area contributed by atoms with Crippen molar-refractivity contribution < 1.29 is 9.59 Å². The average molecular weight is 261 g/mol. The molecule has 1 aromatic carbocycles. The third kappa shape index (κ3) is 2.23. The summed E-state index contributed by atoms with van der Waals surface area (Å²) in [5.41, 5.74) is 6.92. The summed E-state index contributed by atoms with van der Waals surface area (Å²) < 4.78 is 0. The molecule has 0 saturated heterocycles. The molecule has 5 nitrogen and oxygen atoms in total. The van der Waals surface area contributed by atoms with Gasteiger partial charge in [-0.25, -0.2) is 4.90 Å². The second-order valence-corrected chi connectivity index (χ2v) is 4.79. The number of nitrogens with two attached hydrogens (primary N) is 1. The van der Waals surface area contributed by atoms with Crippen LogP contribution in [0.25, 0.3) is 0 Å². The summed E-state index contributed by atoms with van der Waals surface area (Å²) in [5, 5.41) is 8.68. The number of carbonyl (C=O) groups is 2. The van der Waals surface area contributed by atoms with Gasteiger partial charge >= 0.3 is 5.91 Å². The topological polar surface area (TPSA) is 87.2 Å². The van der Waals surface area contributed by atoms with E-state index in [0.29, 0.717) is 18.7 Å². The largest absolute Gasteiger partial charge is 0.336 e. The van der Waals surface area contributed by atoms with E-state index in [2.05, 4.69) is 0 Å². The van der Waals surface area contributed by atoms with E-state index in [1.807, 2.05) is 12.1 Å². The molecule has 92 valence electrons. The van der Waals surface area contributed by atoms with Crippen LogP contribution in [0.5, 0.6) is 0 Å². The molecule has 0 spiro atoms. The summed E-state index contributed by atoms with van der Waals surface area (Å²) in [6.45, 7) is 0.492. The first-order valence-corrected chi connectivity index (χ1v) is 6.38. The molecule has 0 atom stereocenters. The van der Waals surface area contributed by atoms with Crippen LogP contribution >= 0.6 is 11.8 Å². The first kappa shape index (κ1) is 12.6. The second-order valence-electron chi connectivity index (χ2n) is 3.78. The van der Waals surface area contributed by atoms with Gasteiger partial charge < -0.3 is 5.73 Å². The minimum atomic E-state index is -0.841. The van der Waals surface area contributed by atoms with Crippen LogP contribution in [0.4, 0.5) is 5.69 Å². The fourth-order valence-electron chi connectivity index (χ4n) is 1.79. The number of nitriles is 1.